The third-order valence-electron chi connectivity index (χ3n) is 6.10. The summed E-state index contributed by atoms with van der Waals surface area (Å²) in [5, 5.41) is 0. The number of fused-ring (bicyclic) bond motifs is 1. The summed E-state index contributed by atoms with van der Waals surface area (Å²) in [6, 6.07) is 19.0. The molecule has 4 aromatic rings. The van der Waals surface area contributed by atoms with E-state index in [0.717, 1.165) is 52.1 Å². The lowest BCUT2D eigenvalue weighted by molar-refractivity contribution is -0.137. The molecule has 1 heterocycles. The van der Waals surface area contributed by atoms with Gasteiger partial charge in [0.15, 0.2) is 0 Å². The highest BCUT2D eigenvalue weighted by Crippen LogP contribution is 2.54. The van der Waals surface area contributed by atoms with E-state index in [0.29, 0.717) is 4.90 Å². The first-order chi connectivity index (χ1) is 16.5. The molecule has 0 amide bonds. The molecule has 0 aliphatic heterocycles. The first-order valence-corrected chi connectivity index (χ1v) is 12.6. The number of nitrogens with one attached hydrogen (secondary N) is 2. The van der Waals surface area contributed by atoms with Crippen molar-refractivity contribution in [1.29, 1.82) is 0 Å². The van der Waals surface area contributed by atoms with Crippen molar-refractivity contribution in [2.75, 3.05) is 0 Å². The highest BCUT2D eigenvalue weighted by atomic mass is 32.2. The minimum absolute atomic E-state index is 0.151. The van der Waals surface area contributed by atoms with Crippen LogP contribution in [0, 0.1) is 0 Å². The zero-order valence-electron chi connectivity index (χ0n) is 19.6. The van der Waals surface area contributed by atoms with Gasteiger partial charge in [-0.1, -0.05) is 36.4 Å². The fraction of sp³-hybridized carbons (Fsp3) is 0.296. The summed E-state index contributed by atoms with van der Waals surface area (Å²) in [4.78, 5) is 8.86. The molecule has 3 unspecified atom stereocenters. The van der Waals surface area contributed by atoms with Crippen molar-refractivity contribution in [3.05, 3.63) is 83.7 Å². The Hall–Kier alpha value is -2.97. The summed E-state index contributed by atoms with van der Waals surface area (Å²) >= 11 is 0. The lowest BCUT2D eigenvalue weighted by atomic mass is 10.1. The number of halogens is 3. The monoisotopic (exact) mass is 497 g/mol. The van der Waals surface area contributed by atoms with Crippen molar-refractivity contribution in [1.82, 2.24) is 14.7 Å². The first-order valence-electron chi connectivity index (χ1n) is 11.5. The Balaban J connectivity index is 1.39. The second-order valence-corrected chi connectivity index (χ2v) is 11.2. The van der Waals surface area contributed by atoms with Gasteiger partial charge in [0.2, 0.25) is 0 Å². The summed E-state index contributed by atoms with van der Waals surface area (Å²) < 4.78 is 54.7. The Morgan fingerprint density at radius 1 is 0.971 bits per heavy atom. The van der Waals surface area contributed by atoms with Gasteiger partial charge < -0.3 is 4.98 Å². The zero-order chi connectivity index (χ0) is 25.0. The van der Waals surface area contributed by atoms with Gasteiger partial charge in [-0.2, -0.15) is 13.2 Å². The van der Waals surface area contributed by atoms with Gasteiger partial charge in [0.1, 0.15) is 16.8 Å². The second kappa shape index (κ2) is 8.60. The topological polar surface area (TPSA) is 57.8 Å². The quantitative estimate of drug-likeness (QED) is 0.314. The Kier molecular flexibility index (Phi) is 5.84. The van der Waals surface area contributed by atoms with Gasteiger partial charge in [0.25, 0.3) is 0 Å². The van der Waals surface area contributed by atoms with Crippen LogP contribution in [0.25, 0.3) is 22.2 Å². The van der Waals surface area contributed by atoms with E-state index in [1.807, 2.05) is 63.2 Å². The smallest absolute Gasteiger partial charge is 0.342 e. The lowest BCUT2D eigenvalue weighted by Gasteiger charge is -2.20. The summed E-state index contributed by atoms with van der Waals surface area (Å²) in [5.41, 5.74) is 3.49. The number of alkyl halides is 3. The number of hydrogen-bond donors (Lipinski definition) is 2. The zero-order valence-corrected chi connectivity index (χ0v) is 20.4. The van der Waals surface area contributed by atoms with Crippen LogP contribution in [-0.4, -0.2) is 19.7 Å². The predicted molar refractivity (Wildman–Crippen MR) is 132 cm³/mol. The van der Waals surface area contributed by atoms with Crippen molar-refractivity contribution in [2.45, 2.75) is 55.6 Å². The summed E-state index contributed by atoms with van der Waals surface area (Å²) in [6.07, 6.45) is -3.48. The van der Waals surface area contributed by atoms with Crippen LogP contribution in [0.4, 0.5) is 13.2 Å². The second-order valence-electron chi connectivity index (χ2n) is 10.0. The molecule has 1 aliphatic carbocycles. The maximum atomic E-state index is 13.0. The minimum atomic E-state index is -4.33. The number of nitrogens with zero attached hydrogens (tertiary/aromatic N) is 1. The van der Waals surface area contributed by atoms with Gasteiger partial charge in [-0.15, -0.1) is 0 Å². The molecule has 182 valence electrons. The highest BCUT2D eigenvalue weighted by molar-refractivity contribution is 7.83. The van der Waals surface area contributed by atoms with E-state index in [1.54, 1.807) is 12.1 Å². The van der Waals surface area contributed by atoms with E-state index in [9.17, 15) is 17.4 Å². The molecule has 0 bridgehead atoms. The molecule has 8 heteroatoms. The lowest BCUT2D eigenvalue weighted by Crippen LogP contribution is -2.37. The van der Waals surface area contributed by atoms with Crippen LogP contribution in [0.5, 0.6) is 0 Å². The van der Waals surface area contributed by atoms with Crippen molar-refractivity contribution >= 4 is 22.0 Å². The van der Waals surface area contributed by atoms with Crippen LogP contribution in [0.15, 0.2) is 71.6 Å². The number of aromatic amines is 1. The van der Waals surface area contributed by atoms with Crippen LogP contribution in [0.3, 0.4) is 0 Å². The van der Waals surface area contributed by atoms with Crippen LogP contribution < -0.4 is 4.72 Å². The predicted octanol–water partition coefficient (Wildman–Crippen LogP) is 6.93. The molecule has 1 aliphatic rings. The molecule has 3 atom stereocenters. The van der Waals surface area contributed by atoms with Gasteiger partial charge in [0, 0.05) is 11.5 Å². The van der Waals surface area contributed by atoms with Crippen LogP contribution in [0.1, 0.15) is 56.0 Å². The summed E-state index contributed by atoms with van der Waals surface area (Å²) in [6.45, 7) is 5.92. The van der Waals surface area contributed by atoms with E-state index in [-0.39, 0.29) is 17.4 Å². The van der Waals surface area contributed by atoms with Gasteiger partial charge >= 0.3 is 6.18 Å². The Bertz CT molecular complexity index is 1400. The maximum Gasteiger partial charge on any atom is 0.416 e. The van der Waals surface area contributed by atoms with Gasteiger partial charge in [-0.3, -0.25) is 0 Å². The number of imidazole rings is 1. The molecule has 4 nitrogen and oxygen atoms in total. The van der Waals surface area contributed by atoms with Gasteiger partial charge in [0.05, 0.1) is 21.5 Å². The van der Waals surface area contributed by atoms with Crippen LogP contribution in [-0.2, 0) is 17.2 Å². The largest absolute Gasteiger partial charge is 0.416 e. The molecule has 3 aromatic carbocycles. The van der Waals surface area contributed by atoms with Crippen LogP contribution >= 0.6 is 0 Å². The van der Waals surface area contributed by atoms with Gasteiger partial charge in [-0.25, -0.2) is 13.9 Å². The Morgan fingerprint density at radius 2 is 1.69 bits per heavy atom. The standard InChI is InChI=1S/C27H26F3N3OS/c1-26(2,3)33-35(34)24-7-5-4-6-19(24)17-10-13-22-23(14-17)32-25(31-22)21-15-20(21)16-8-11-18(12-9-16)27(28,29)30/h4-14,20-21,33H,15H2,1-3H3,(H,31,32). The molecule has 0 radical (unpaired) electrons. The van der Waals surface area contributed by atoms with E-state index >= 15 is 0 Å². The summed E-state index contributed by atoms with van der Waals surface area (Å²) in [7, 11) is -1.37. The highest BCUT2D eigenvalue weighted by Gasteiger charge is 2.42. The third-order valence-corrected chi connectivity index (χ3v) is 7.66. The molecule has 0 saturated heterocycles. The SMILES string of the molecule is CC(C)(C)NS(=O)c1ccccc1-c1ccc2nc(C3CC3c3ccc(C(F)(F)F)cc3)[nH]c2c1. The Morgan fingerprint density at radius 3 is 2.37 bits per heavy atom. The van der Waals surface area contributed by atoms with Crippen molar-refractivity contribution in [3.8, 4) is 11.1 Å². The van der Waals surface area contributed by atoms with Crippen LogP contribution in [0.2, 0.25) is 0 Å². The third kappa shape index (κ3) is 5.04. The minimum Gasteiger partial charge on any atom is -0.342 e. The fourth-order valence-corrected chi connectivity index (χ4v) is 5.61. The van der Waals surface area contributed by atoms with E-state index in [2.05, 4.69) is 9.71 Å². The first kappa shape index (κ1) is 23.8. The number of aromatic nitrogens is 2. The number of hydrogen-bond acceptors (Lipinski definition) is 2. The number of rotatable bonds is 5. The maximum absolute atomic E-state index is 13.0. The molecule has 5 rings (SSSR count). The van der Waals surface area contributed by atoms with Gasteiger partial charge in [-0.05, 0) is 80.1 Å². The molecule has 35 heavy (non-hydrogen) atoms. The average molecular weight is 498 g/mol. The van der Waals surface area contributed by atoms with Crippen molar-refractivity contribution in [2.24, 2.45) is 0 Å². The molecule has 1 aromatic heterocycles. The fourth-order valence-electron chi connectivity index (χ4n) is 4.36. The number of H-pyrrole nitrogens is 1. The molecular formula is C27H26F3N3OS. The van der Waals surface area contributed by atoms with E-state index in [4.69, 9.17) is 4.98 Å². The average Bonchev–Trinajstić information content (AvgIpc) is 3.48. The van der Waals surface area contributed by atoms with Crippen molar-refractivity contribution in [3.63, 3.8) is 0 Å². The summed E-state index contributed by atoms with van der Waals surface area (Å²) in [5.74, 6) is 1.15. The van der Waals surface area contributed by atoms with E-state index < -0.39 is 22.7 Å². The molecular weight excluding hydrogens is 471 g/mol. The molecule has 2 N–H and O–H groups in total. The van der Waals surface area contributed by atoms with Crippen molar-refractivity contribution < 1.29 is 17.4 Å². The molecule has 1 fully saturated rings. The normalized spacial score (nSPS) is 19.1. The Labute approximate surface area is 204 Å². The molecule has 0 spiro atoms. The van der Waals surface area contributed by atoms with E-state index in [1.165, 1.54) is 0 Å². The molecule has 1 saturated carbocycles. The number of benzene rings is 3.